The summed E-state index contributed by atoms with van der Waals surface area (Å²) in [6.07, 6.45) is 1.74. The fourth-order valence-corrected chi connectivity index (χ4v) is 3.57. The molecule has 1 aromatic heterocycles. The number of imidazole rings is 1. The van der Waals surface area contributed by atoms with Crippen LogP contribution in [0.1, 0.15) is 17.0 Å². The Labute approximate surface area is 200 Å². The van der Waals surface area contributed by atoms with Crippen LogP contribution in [-0.2, 0) is 6.61 Å². The summed E-state index contributed by atoms with van der Waals surface area (Å²) in [5, 5.41) is 10.7. The number of aromatic nitrogens is 2. The van der Waals surface area contributed by atoms with Crippen molar-refractivity contribution >= 4 is 45.9 Å². The highest BCUT2D eigenvalue weighted by Gasteiger charge is 2.11. The van der Waals surface area contributed by atoms with E-state index in [9.17, 15) is 5.26 Å². The van der Waals surface area contributed by atoms with Crippen LogP contribution in [0.15, 0.2) is 54.6 Å². The van der Waals surface area contributed by atoms with Crippen LogP contribution in [0, 0.1) is 11.3 Å². The van der Waals surface area contributed by atoms with Crippen molar-refractivity contribution in [1.82, 2.24) is 9.97 Å². The van der Waals surface area contributed by atoms with E-state index in [0.29, 0.717) is 45.3 Å². The van der Waals surface area contributed by atoms with Crippen molar-refractivity contribution in [3.8, 4) is 23.3 Å². The first kappa shape index (κ1) is 22.5. The Kier molecular flexibility index (Phi) is 6.74. The quantitative estimate of drug-likeness (QED) is 0.304. The molecule has 0 unspecified atom stereocenters. The fraction of sp³-hybridized carbons (Fsp3) is 0.120. The number of halogens is 2. The van der Waals surface area contributed by atoms with Crippen LogP contribution in [0.4, 0.5) is 0 Å². The molecule has 0 aliphatic heterocycles. The molecule has 0 aliphatic carbocycles. The Hall–Kier alpha value is -3.66. The van der Waals surface area contributed by atoms with Crippen LogP contribution in [-0.4, -0.2) is 24.2 Å². The van der Waals surface area contributed by atoms with E-state index < -0.39 is 0 Å². The first-order valence-electron chi connectivity index (χ1n) is 9.91. The molecule has 4 rings (SSSR count). The van der Waals surface area contributed by atoms with Crippen LogP contribution in [0.25, 0.3) is 22.7 Å². The van der Waals surface area contributed by atoms with Gasteiger partial charge in [0.1, 0.15) is 24.3 Å². The van der Waals surface area contributed by atoms with E-state index in [1.165, 1.54) is 0 Å². The van der Waals surface area contributed by atoms with Crippen LogP contribution >= 0.6 is 23.2 Å². The summed E-state index contributed by atoms with van der Waals surface area (Å²) in [5.41, 5.74) is 3.56. The number of nitriles is 1. The third-order valence-electron chi connectivity index (χ3n) is 4.94. The van der Waals surface area contributed by atoms with Gasteiger partial charge in [0, 0.05) is 6.07 Å². The summed E-state index contributed by atoms with van der Waals surface area (Å²) in [6.45, 7) is 0.300. The molecule has 0 spiro atoms. The summed E-state index contributed by atoms with van der Waals surface area (Å²) < 4.78 is 16.6. The van der Waals surface area contributed by atoms with Crippen LogP contribution in [0.3, 0.4) is 0 Å². The van der Waals surface area contributed by atoms with Gasteiger partial charge in [-0.25, -0.2) is 4.98 Å². The highest BCUT2D eigenvalue weighted by Crippen LogP contribution is 2.31. The molecule has 3 aromatic carbocycles. The summed E-state index contributed by atoms with van der Waals surface area (Å²) in [5.74, 6) is 2.28. The molecule has 166 valence electrons. The van der Waals surface area contributed by atoms with Gasteiger partial charge in [0.2, 0.25) is 0 Å². The first-order chi connectivity index (χ1) is 16.0. The van der Waals surface area contributed by atoms with E-state index in [1.54, 1.807) is 44.6 Å². The second-order valence-electron chi connectivity index (χ2n) is 7.09. The average molecular weight is 480 g/mol. The molecule has 0 radical (unpaired) electrons. The highest BCUT2D eigenvalue weighted by molar-refractivity contribution is 6.42. The van der Waals surface area contributed by atoms with Gasteiger partial charge in [-0.1, -0.05) is 35.3 Å². The lowest BCUT2D eigenvalue weighted by Crippen LogP contribution is -1.98. The molecule has 1 N–H and O–H groups in total. The van der Waals surface area contributed by atoms with Crippen LogP contribution in [0.5, 0.6) is 17.2 Å². The van der Waals surface area contributed by atoms with Crippen molar-refractivity contribution in [2.45, 2.75) is 6.61 Å². The summed E-state index contributed by atoms with van der Waals surface area (Å²) in [6, 6.07) is 18.5. The Morgan fingerprint density at radius 3 is 2.58 bits per heavy atom. The smallest absolute Gasteiger partial charge is 0.161 e. The van der Waals surface area contributed by atoms with Gasteiger partial charge < -0.3 is 19.2 Å². The van der Waals surface area contributed by atoms with Gasteiger partial charge in [-0.15, -0.1) is 0 Å². The molecular weight excluding hydrogens is 461 g/mol. The van der Waals surface area contributed by atoms with Gasteiger partial charge in [-0.05, 0) is 53.6 Å². The average Bonchev–Trinajstić information content (AvgIpc) is 3.26. The Balaban J connectivity index is 1.58. The van der Waals surface area contributed by atoms with E-state index in [2.05, 4.69) is 16.0 Å². The number of nitrogens with one attached hydrogen (secondary N) is 1. The maximum absolute atomic E-state index is 9.72. The van der Waals surface area contributed by atoms with Crippen molar-refractivity contribution < 1.29 is 14.2 Å². The molecule has 0 saturated heterocycles. The van der Waals surface area contributed by atoms with Crippen molar-refractivity contribution in [2.75, 3.05) is 14.2 Å². The Morgan fingerprint density at radius 2 is 1.85 bits per heavy atom. The molecule has 8 heteroatoms. The number of rotatable bonds is 7. The third-order valence-corrected chi connectivity index (χ3v) is 5.68. The Morgan fingerprint density at radius 1 is 1.00 bits per heavy atom. The number of methoxy groups -OCH3 is 2. The van der Waals surface area contributed by atoms with Crippen molar-refractivity contribution in [3.63, 3.8) is 0 Å². The highest BCUT2D eigenvalue weighted by atomic mass is 35.5. The zero-order valence-electron chi connectivity index (χ0n) is 17.9. The predicted molar refractivity (Wildman–Crippen MR) is 130 cm³/mol. The largest absolute Gasteiger partial charge is 0.497 e. The van der Waals surface area contributed by atoms with Gasteiger partial charge in [-0.2, -0.15) is 5.26 Å². The second kappa shape index (κ2) is 9.86. The SMILES string of the molecule is COc1ccc2nc(C(C#N)=Cc3ccc(OCc4ccc(Cl)c(Cl)c4)c(OC)c3)[nH]c2c1. The normalized spacial score (nSPS) is 11.3. The molecule has 0 atom stereocenters. The van der Waals surface area contributed by atoms with Gasteiger partial charge in [0.05, 0.1) is 40.9 Å². The summed E-state index contributed by atoms with van der Waals surface area (Å²) in [4.78, 5) is 7.68. The Bertz CT molecular complexity index is 1390. The van der Waals surface area contributed by atoms with E-state index in [4.69, 9.17) is 37.4 Å². The van der Waals surface area contributed by atoms with Crippen molar-refractivity contribution in [1.29, 1.82) is 5.26 Å². The molecule has 0 aliphatic rings. The van der Waals surface area contributed by atoms with E-state index in [0.717, 1.165) is 22.2 Å². The second-order valence-corrected chi connectivity index (χ2v) is 7.90. The van der Waals surface area contributed by atoms with E-state index >= 15 is 0 Å². The third kappa shape index (κ3) is 5.06. The standard InChI is InChI=1S/C25H19Cl2N3O3/c1-31-18-5-7-21-22(12-18)30-25(29-21)17(13-28)9-15-4-8-23(24(11-15)32-2)33-14-16-3-6-19(26)20(27)10-16/h3-12H,14H2,1-2H3,(H,29,30). The van der Waals surface area contributed by atoms with Gasteiger partial charge in [0.15, 0.2) is 11.5 Å². The zero-order chi connectivity index (χ0) is 23.4. The number of aromatic amines is 1. The lowest BCUT2D eigenvalue weighted by molar-refractivity contribution is 0.284. The first-order valence-corrected chi connectivity index (χ1v) is 10.7. The van der Waals surface area contributed by atoms with Crippen LogP contribution in [0.2, 0.25) is 10.0 Å². The minimum Gasteiger partial charge on any atom is -0.497 e. The number of hydrogen-bond donors (Lipinski definition) is 1. The minimum absolute atomic E-state index is 0.300. The van der Waals surface area contributed by atoms with Crippen molar-refractivity contribution in [3.05, 3.63) is 81.6 Å². The van der Waals surface area contributed by atoms with E-state index in [1.807, 2.05) is 30.3 Å². The molecule has 0 amide bonds. The summed E-state index contributed by atoms with van der Waals surface area (Å²) in [7, 11) is 3.16. The number of benzene rings is 3. The van der Waals surface area contributed by atoms with Gasteiger partial charge in [-0.3, -0.25) is 0 Å². The van der Waals surface area contributed by atoms with Crippen molar-refractivity contribution in [2.24, 2.45) is 0 Å². The van der Waals surface area contributed by atoms with Gasteiger partial charge >= 0.3 is 0 Å². The zero-order valence-corrected chi connectivity index (χ0v) is 19.4. The molecule has 0 saturated carbocycles. The number of allylic oxidation sites excluding steroid dienone is 1. The molecular formula is C25H19Cl2N3O3. The monoisotopic (exact) mass is 479 g/mol. The number of fused-ring (bicyclic) bond motifs is 1. The number of H-pyrrole nitrogens is 1. The number of ether oxygens (including phenoxy) is 3. The molecule has 1 heterocycles. The molecule has 0 fully saturated rings. The predicted octanol–water partition coefficient (Wildman–Crippen LogP) is 6.53. The number of nitrogens with zero attached hydrogens (tertiary/aromatic N) is 2. The fourth-order valence-electron chi connectivity index (χ4n) is 3.25. The van der Waals surface area contributed by atoms with Gasteiger partial charge in [0.25, 0.3) is 0 Å². The minimum atomic E-state index is 0.300. The maximum atomic E-state index is 9.72. The lowest BCUT2D eigenvalue weighted by atomic mass is 10.1. The van der Waals surface area contributed by atoms with E-state index in [-0.39, 0.29) is 0 Å². The molecule has 33 heavy (non-hydrogen) atoms. The maximum Gasteiger partial charge on any atom is 0.161 e. The molecule has 4 aromatic rings. The topological polar surface area (TPSA) is 80.2 Å². The number of hydrogen-bond acceptors (Lipinski definition) is 5. The molecule has 6 nitrogen and oxygen atoms in total. The lowest BCUT2D eigenvalue weighted by Gasteiger charge is -2.12. The molecule has 0 bridgehead atoms. The summed E-state index contributed by atoms with van der Waals surface area (Å²) >= 11 is 12.0. The van der Waals surface area contributed by atoms with Crippen LogP contribution < -0.4 is 14.2 Å².